The Morgan fingerprint density at radius 1 is 0.578 bits per heavy atom. The Morgan fingerprint density at radius 2 is 1.04 bits per heavy atom. The lowest BCUT2D eigenvalue weighted by molar-refractivity contribution is -0.108. The van der Waals surface area contributed by atoms with Crippen molar-refractivity contribution < 1.29 is 30.7 Å². The van der Waals surface area contributed by atoms with Gasteiger partial charge >= 0.3 is 0 Å². The quantitative estimate of drug-likeness (QED) is 0.186. The summed E-state index contributed by atoms with van der Waals surface area (Å²) in [6.45, 7) is 6.23. The molecule has 1 aliphatic carbocycles. The van der Waals surface area contributed by atoms with E-state index in [0.29, 0.717) is 51.9 Å². The molecule has 0 aromatic heterocycles. The Labute approximate surface area is 263 Å². The lowest BCUT2D eigenvalue weighted by Gasteiger charge is -2.20. The summed E-state index contributed by atoms with van der Waals surface area (Å²) in [6.07, 6.45) is 0.415. The molecule has 10 heteroatoms. The van der Waals surface area contributed by atoms with Crippen molar-refractivity contribution >= 4 is 48.3 Å². The van der Waals surface area contributed by atoms with E-state index in [1.165, 1.54) is 36.4 Å². The zero-order valence-electron chi connectivity index (χ0n) is 24.8. The van der Waals surface area contributed by atoms with Crippen molar-refractivity contribution in [3.63, 3.8) is 0 Å². The van der Waals surface area contributed by atoms with Crippen LogP contribution in [0.4, 0.5) is 0 Å². The van der Waals surface area contributed by atoms with Gasteiger partial charge in [-0.15, -0.1) is 0 Å². The van der Waals surface area contributed by atoms with Gasteiger partial charge in [0.05, 0.1) is 9.79 Å². The molecular formula is C35H33NO7S2. The van der Waals surface area contributed by atoms with Gasteiger partial charge < -0.3 is 4.90 Å². The highest BCUT2D eigenvalue weighted by atomic mass is 32.2. The van der Waals surface area contributed by atoms with E-state index in [1.54, 1.807) is 6.07 Å². The smallest absolute Gasteiger partial charge is 0.294 e. The molecule has 0 heterocycles. The normalized spacial score (nSPS) is 14.1. The minimum absolute atomic E-state index is 0.259. The minimum Gasteiger partial charge on any atom is -0.304 e. The summed E-state index contributed by atoms with van der Waals surface area (Å²) < 4.78 is 67.4. The molecule has 0 amide bonds. The van der Waals surface area contributed by atoms with E-state index in [4.69, 9.17) is 0 Å². The van der Waals surface area contributed by atoms with Gasteiger partial charge in [0.25, 0.3) is 20.2 Å². The number of rotatable bonds is 11. The third kappa shape index (κ3) is 6.75. The number of ketones is 1. The van der Waals surface area contributed by atoms with Crippen LogP contribution >= 0.6 is 0 Å². The fourth-order valence-corrected chi connectivity index (χ4v) is 6.73. The maximum absolute atomic E-state index is 14.8. The van der Waals surface area contributed by atoms with Gasteiger partial charge in [-0.3, -0.25) is 13.9 Å². The molecule has 232 valence electrons. The predicted octanol–water partition coefficient (Wildman–Crippen LogP) is 6.17. The fourth-order valence-electron chi connectivity index (χ4n) is 5.71. The maximum Gasteiger partial charge on any atom is 0.294 e. The van der Waals surface area contributed by atoms with Crippen molar-refractivity contribution in [2.24, 2.45) is 0 Å². The first-order valence-corrected chi connectivity index (χ1v) is 17.4. The van der Waals surface area contributed by atoms with E-state index >= 15 is 0 Å². The van der Waals surface area contributed by atoms with Crippen LogP contribution in [-0.4, -0.2) is 56.3 Å². The molecule has 5 rings (SSSR count). The van der Waals surface area contributed by atoms with Gasteiger partial charge in [-0.25, -0.2) is 0 Å². The van der Waals surface area contributed by atoms with Gasteiger partial charge in [0.2, 0.25) is 0 Å². The van der Waals surface area contributed by atoms with Crippen LogP contribution in [0.5, 0.6) is 0 Å². The van der Waals surface area contributed by atoms with Gasteiger partial charge in [-0.1, -0.05) is 92.7 Å². The van der Waals surface area contributed by atoms with Crippen molar-refractivity contribution in [3.8, 4) is 0 Å². The van der Waals surface area contributed by atoms with Crippen molar-refractivity contribution in [1.29, 1.82) is 0 Å². The number of likely N-dealkylation sites (N-methyl/N-ethyl adjacent to an activating group) is 1. The highest BCUT2D eigenvalue weighted by molar-refractivity contribution is 7.86. The van der Waals surface area contributed by atoms with E-state index in [9.17, 15) is 30.7 Å². The molecule has 0 fully saturated rings. The largest absolute Gasteiger partial charge is 0.304 e. The minimum atomic E-state index is -4.51. The Balaban J connectivity index is 1.82. The summed E-state index contributed by atoms with van der Waals surface area (Å²) in [7, 11) is -8.97. The van der Waals surface area contributed by atoms with E-state index in [1.807, 2.05) is 74.5 Å². The molecule has 0 spiro atoms. The molecule has 2 N–H and O–H groups in total. The van der Waals surface area contributed by atoms with E-state index in [-0.39, 0.29) is 15.6 Å². The van der Waals surface area contributed by atoms with Crippen LogP contribution in [0, 0.1) is 0 Å². The number of carbonyl (C=O) groups is 1. The second-order valence-corrected chi connectivity index (χ2v) is 13.5. The zero-order valence-corrected chi connectivity index (χ0v) is 26.5. The van der Waals surface area contributed by atoms with Crippen LogP contribution in [0.2, 0.25) is 0 Å². The second kappa shape index (κ2) is 13.0. The number of hydrogen-bond acceptors (Lipinski definition) is 6. The molecule has 0 saturated carbocycles. The van der Waals surface area contributed by atoms with E-state index < -0.39 is 20.2 Å². The Kier molecular flexibility index (Phi) is 9.33. The lowest BCUT2D eigenvalue weighted by atomic mass is 9.88. The average Bonchev–Trinajstić information content (AvgIpc) is 3.34. The maximum atomic E-state index is 14.8. The summed E-state index contributed by atoms with van der Waals surface area (Å²) in [6, 6.07) is 28.6. The van der Waals surface area contributed by atoms with Crippen LogP contribution in [0.15, 0.2) is 113 Å². The number of hydrogen-bond donors (Lipinski definition) is 2. The number of carbonyl (C=O) groups excluding carboxylic acids is 1. The first kappa shape index (κ1) is 32.2. The van der Waals surface area contributed by atoms with Gasteiger partial charge in [0.1, 0.15) is 0 Å². The molecule has 4 aromatic carbocycles. The third-order valence-corrected chi connectivity index (χ3v) is 9.72. The van der Waals surface area contributed by atoms with Crippen LogP contribution in [0.1, 0.15) is 41.7 Å². The van der Waals surface area contributed by atoms with E-state index in [0.717, 1.165) is 24.2 Å². The molecule has 0 saturated heterocycles. The van der Waals surface area contributed by atoms with Crippen LogP contribution in [0.25, 0.3) is 22.3 Å². The highest BCUT2D eigenvalue weighted by Gasteiger charge is 2.36. The summed E-state index contributed by atoms with van der Waals surface area (Å²) in [5.41, 5.74) is 5.08. The van der Waals surface area contributed by atoms with Crippen molar-refractivity contribution in [2.45, 2.75) is 30.1 Å². The first-order valence-electron chi connectivity index (χ1n) is 14.5. The van der Waals surface area contributed by atoms with Crippen molar-refractivity contribution in [1.82, 2.24) is 4.90 Å². The van der Waals surface area contributed by atoms with Gasteiger partial charge in [0.15, 0.2) is 5.78 Å². The molecule has 45 heavy (non-hydrogen) atoms. The highest BCUT2D eigenvalue weighted by Crippen LogP contribution is 2.50. The molecule has 8 nitrogen and oxygen atoms in total. The first-order chi connectivity index (χ1) is 21.4. The summed E-state index contributed by atoms with van der Waals surface area (Å²) in [5, 5.41) is 0. The monoisotopic (exact) mass is 643 g/mol. The van der Waals surface area contributed by atoms with Crippen molar-refractivity contribution in [3.05, 3.63) is 131 Å². The third-order valence-electron chi connectivity index (χ3n) is 8.01. The van der Waals surface area contributed by atoms with Crippen molar-refractivity contribution in [2.75, 3.05) is 19.6 Å². The molecular weight excluding hydrogens is 611 g/mol. The van der Waals surface area contributed by atoms with E-state index in [2.05, 4.69) is 4.90 Å². The standard InChI is InChI=1S/C35H33NO7S2/c1-3-36(4-2)22-21-27-23-29(45(41,42)43)19-20-30(27)34-32(25-13-9-6-10-14-25)31(24-11-7-5-8-12-24)33(35(34)37)26-15-17-28(18-16-26)44(38,39)40/h5-20,23H,3-4,21-22H2,1-2H3,(H,38,39,40)(H,41,42,43). The van der Waals surface area contributed by atoms with Crippen LogP contribution in [-0.2, 0) is 31.5 Å². The van der Waals surface area contributed by atoms with Crippen LogP contribution in [0.3, 0.4) is 0 Å². The molecule has 0 radical (unpaired) electrons. The van der Waals surface area contributed by atoms with Gasteiger partial charge in [-0.2, -0.15) is 16.8 Å². The Morgan fingerprint density at radius 3 is 1.53 bits per heavy atom. The summed E-state index contributed by atoms with van der Waals surface area (Å²) >= 11 is 0. The molecule has 4 aromatic rings. The lowest BCUT2D eigenvalue weighted by Crippen LogP contribution is -2.25. The van der Waals surface area contributed by atoms with Gasteiger partial charge in [-0.05, 0) is 71.6 Å². The molecule has 0 unspecified atom stereocenters. The van der Waals surface area contributed by atoms with Crippen LogP contribution < -0.4 is 0 Å². The molecule has 0 aliphatic heterocycles. The van der Waals surface area contributed by atoms with Gasteiger partial charge in [0, 0.05) is 28.8 Å². The Hall–Kier alpha value is -4.19. The second-order valence-electron chi connectivity index (χ2n) is 10.6. The topological polar surface area (TPSA) is 129 Å². The molecule has 0 bridgehead atoms. The number of nitrogens with zero attached hydrogens (tertiary/aromatic N) is 1. The molecule has 1 aliphatic rings. The summed E-state index contributed by atoms with van der Waals surface area (Å²) in [5.74, 6) is -0.323. The predicted molar refractivity (Wildman–Crippen MR) is 176 cm³/mol. The summed E-state index contributed by atoms with van der Waals surface area (Å²) in [4.78, 5) is 16.4. The number of Topliss-reactive ketones (excluding diaryl/α,β-unsaturated/α-hetero) is 1. The number of allylic oxidation sites excluding steroid dienone is 4. The molecule has 0 atom stereocenters. The Bertz CT molecular complexity index is 2010. The zero-order chi connectivity index (χ0) is 32.4. The number of benzene rings is 4. The average molecular weight is 644 g/mol. The SMILES string of the molecule is CCN(CC)CCc1cc(S(=O)(=O)O)ccc1C1=C(c2ccccc2)C(c2ccccc2)=C(c2ccc(S(=O)(=O)O)cc2)C1=O. The fraction of sp³-hybridized carbons (Fsp3) is 0.171.